The molecule has 0 bridgehead atoms. The lowest BCUT2D eigenvalue weighted by atomic mass is 10.1. The number of aliphatic hydroxyl groups excluding tert-OH is 1. The molecule has 13 heteroatoms. The summed E-state index contributed by atoms with van der Waals surface area (Å²) in [7, 11) is 1.32. The highest BCUT2D eigenvalue weighted by molar-refractivity contribution is 5.98. The van der Waals surface area contributed by atoms with E-state index in [-0.39, 0.29) is 46.4 Å². The van der Waals surface area contributed by atoms with Crippen molar-refractivity contribution in [1.29, 1.82) is 0 Å². The molecule has 0 spiro atoms. The fraction of sp³-hybridized carbons (Fsp3) is 0.333. The molecule has 226 valence electrons. The Morgan fingerprint density at radius 2 is 1.91 bits per heavy atom. The van der Waals surface area contributed by atoms with Crippen LogP contribution in [0.15, 0.2) is 52.9 Å². The highest BCUT2D eigenvalue weighted by atomic mass is 19.4. The van der Waals surface area contributed by atoms with Gasteiger partial charge in [-0.3, -0.25) is 9.59 Å². The number of methoxy groups -OCH3 is 1. The number of ether oxygens (including phenoxy) is 1. The molecule has 0 unspecified atom stereocenters. The molecule has 5 rings (SSSR count). The lowest BCUT2D eigenvalue weighted by molar-refractivity contribution is -0.140. The van der Waals surface area contributed by atoms with Crippen molar-refractivity contribution in [1.82, 2.24) is 20.2 Å². The van der Waals surface area contributed by atoms with Crippen LogP contribution in [0, 0.1) is 0 Å². The zero-order valence-corrected chi connectivity index (χ0v) is 23.4. The van der Waals surface area contributed by atoms with Crippen LogP contribution in [0.1, 0.15) is 63.7 Å². The summed E-state index contributed by atoms with van der Waals surface area (Å²) in [4.78, 5) is 36.0. The molecule has 1 aliphatic heterocycles. The molecule has 3 heterocycles. The average Bonchev–Trinajstić information content (AvgIpc) is 3.45. The van der Waals surface area contributed by atoms with Crippen molar-refractivity contribution in [3.8, 4) is 17.2 Å². The van der Waals surface area contributed by atoms with Crippen LogP contribution < -0.4 is 15.8 Å². The van der Waals surface area contributed by atoms with Crippen LogP contribution >= 0.6 is 0 Å². The lowest BCUT2D eigenvalue weighted by Gasteiger charge is -2.29. The van der Waals surface area contributed by atoms with Gasteiger partial charge in [-0.2, -0.15) is 13.2 Å². The van der Waals surface area contributed by atoms with Crippen LogP contribution in [-0.2, 0) is 12.7 Å². The van der Waals surface area contributed by atoms with Crippen molar-refractivity contribution in [2.45, 2.75) is 44.6 Å². The quantitative estimate of drug-likeness (QED) is 0.283. The monoisotopic (exact) mass is 597 g/mol. The largest absolute Gasteiger partial charge is 0.494 e. The number of carbonyl (C=O) groups excluding carboxylic acids is 2. The molecule has 4 aromatic rings. The van der Waals surface area contributed by atoms with Gasteiger partial charge in [0.2, 0.25) is 5.89 Å². The average molecular weight is 598 g/mol. The summed E-state index contributed by atoms with van der Waals surface area (Å²) in [6.45, 7) is 2.63. The molecule has 2 aromatic heterocycles. The van der Waals surface area contributed by atoms with Gasteiger partial charge in [0.25, 0.3) is 11.8 Å². The molecular weight excluding hydrogens is 567 g/mol. The number of aliphatic hydroxyl groups is 1. The van der Waals surface area contributed by atoms with Gasteiger partial charge in [-0.15, -0.1) is 0 Å². The second-order valence-corrected chi connectivity index (χ2v) is 10.3. The number of aromatic nitrogens is 2. The van der Waals surface area contributed by atoms with E-state index >= 15 is 0 Å². The Bertz CT molecular complexity index is 1660. The van der Waals surface area contributed by atoms with Gasteiger partial charge < -0.3 is 30.2 Å². The molecule has 0 radical (unpaired) electrons. The summed E-state index contributed by atoms with van der Waals surface area (Å²) < 4.78 is 51.1. The van der Waals surface area contributed by atoms with E-state index in [4.69, 9.17) is 14.9 Å². The Labute approximate surface area is 244 Å². The smallest absolute Gasteiger partial charge is 0.433 e. The molecule has 1 fully saturated rings. The third-order valence-electron chi connectivity index (χ3n) is 7.22. The second kappa shape index (κ2) is 12.0. The predicted octanol–water partition coefficient (Wildman–Crippen LogP) is 4.46. The highest BCUT2D eigenvalue weighted by Crippen LogP contribution is 2.37. The number of oxazole rings is 1. The molecule has 43 heavy (non-hydrogen) atoms. The molecule has 0 saturated carbocycles. The van der Waals surface area contributed by atoms with Gasteiger partial charge in [0.1, 0.15) is 17.0 Å². The molecule has 2 aromatic carbocycles. The molecular formula is C30H30F3N5O5. The Kier molecular flexibility index (Phi) is 8.38. The van der Waals surface area contributed by atoms with E-state index in [1.54, 1.807) is 42.2 Å². The summed E-state index contributed by atoms with van der Waals surface area (Å²) in [5.41, 5.74) is 6.32. The number of nitrogens with zero attached hydrogens (tertiary/aromatic N) is 3. The number of nitrogens with one attached hydrogen (secondary N) is 1. The van der Waals surface area contributed by atoms with E-state index in [2.05, 4.69) is 15.3 Å². The number of amides is 2. The van der Waals surface area contributed by atoms with Gasteiger partial charge in [0.15, 0.2) is 11.5 Å². The summed E-state index contributed by atoms with van der Waals surface area (Å²) >= 11 is 0. The highest BCUT2D eigenvalue weighted by Gasteiger charge is 2.33. The molecule has 0 aliphatic carbocycles. The molecule has 1 atom stereocenters. The zero-order valence-electron chi connectivity index (χ0n) is 23.4. The number of pyridine rings is 1. The number of benzene rings is 2. The van der Waals surface area contributed by atoms with E-state index in [1.807, 2.05) is 0 Å². The van der Waals surface area contributed by atoms with E-state index in [0.717, 1.165) is 6.07 Å². The maximum atomic E-state index is 13.3. The third-order valence-corrected chi connectivity index (χ3v) is 7.22. The molecule has 10 nitrogen and oxygen atoms in total. The van der Waals surface area contributed by atoms with E-state index < -0.39 is 29.9 Å². The fourth-order valence-electron chi connectivity index (χ4n) is 4.95. The number of piperidine rings is 1. The van der Waals surface area contributed by atoms with Crippen LogP contribution in [0.2, 0.25) is 0 Å². The summed E-state index contributed by atoms with van der Waals surface area (Å²) in [6.07, 6.45) is -4.00. The number of likely N-dealkylation sites (tertiary alicyclic amines) is 1. The molecule has 1 aliphatic rings. The zero-order chi connectivity index (χ0) is 30.9. The van der Waals surface area contributed by atoms with Gasteiger partial charge in [-0.1, -0.05) is 12.1 Å². The number of carbonyl (C=O) groups is 2. The topological polar surface area (TPSA) is 144 Å². The van der Waals surface area contributed by atoms with Crippen molar-refractivity contribution in [3.63, 3.8) is 0 Å². The number of hydrogen-bond acceptors (Lipinski definition) is 8. The minimum Gasteiger partial charge on any atom is -0.494 e. The van der Waals surface area contributed by atoms with E-state index in [1.165, 1.54) is 19.2 Å². The second-order valence-electron chi connectivity index (χ2n) is 10.3. The Morgan fingerprint density at radius 3 is 2.58 bits per heavy atom. The van der Waals surface area contributed by atoms with Crippen LogP contribution in [-0.4, -0.2) is 58.1 Å². The fourth-order valence-corrected chi connectivity index (χ4v) is 4.95. The summed E-state index contributed by atoms with van der Waals surface area (Å²) in [5, 5.41) is 12.8. The van der Waals surface area contributed by atoms with Gasteiger partial charge >= 0.3 is 6.18 Å². The third kappa shape index (κ3) is 6.32. The van der Waals surface area contributed by atoms with Gasteiger partial charge in [-0.05, 0) is 61.7 Å². The van der Waals surface area contributed by atoms with Crippen molar-refractivity contribution >= 4 is 22.7 Å². The Balaban J connectivity index is 1.39. The summed E-state index contributed by atoms with van der Waals surface area (Å²) in [6, 6.07) is 11.3. The van der Waals surface area contributed by atoms with Crippen LogP contribution in [0.25, 0.3) is 22.4 Å². The molecule has 4 N–H and O–H groups in total. The first-order valence-electron chi connectivity index (χ1n) is 13.6. The standard InChI is InChI=1S/C30H30F3N5O5/c1-16(34)26-25(27(40)35-15-17-4-3-5-18(14-17)29(41)38-12-10-19(39)11-13-38)37-28(43-26)21-6-8-22(42-2)24-20(21)7-9-23(36-24)30(31,32)33/h3-9,14,16,19,39H,10-13,15,34H2,1-2H3,(H,35,40)/t16-/m0/s1. The van der Waals surface area contributed by atoms with Crippen LogP contribution in [0.3, 0.4) is 0 Å². The lowest BCUT2D eigenvalue weighted by Crippen LogP contribution is -2.40. The Morgan fingerprint density at radius 1 is 1.16 bits per heavy atom. The maximum absolute atomic E-state index is 13.3. The van der Waals surface area contributed by atoms with Gasteiger partial charge in [0.05, 0.1) is 19.3 Å². The number of fused-ring (bicyclic) bond motifs is 1. The predicted molar refractivity (Wildman–Crippen MR) is 150 cm³/mol. The number of alkyl halides is 3. The first-order valence-corrected chi connectivity index (χ1v) is 13.6. The molecule has 1 saturated heterocycles. The van der Waals surface area contributed by atoms with E-state index in [9.17, 15) is 27.9 Å². The molecule has 2 amide bonds. The van der Waals surface area contributed by atoms with Gasteiger partial charge in [-0.25, -0.2) is 9.97 Å². The number of nitrogens with two attached hydrogens (primary N) is 1. The van der Waals surface area contributed by atoms with Gasteiger partial charge in [0, 0.05) is 36.1 Å². The van der Waals surface area contributed by atoms with Crippen LogP contribution in [0.5, 0.6) is 5.75 Å². The minimum atomic E-state index is -4.66. The number of halogens is 3. The van der Waals surface area contributed by atoms with E-state index in [0.29, 0.717) is 42.6 Å². The van der Waals surface area contributed by atoms with Crippen molar-refractivity contribution < 1.29 is 37.0 Å². The Hall–Kier alpha value is -4.49. The van der Waals surface area contributed by atoms with Crippen molar-refractivity contribution in [2.75, 3.05) is 20.2 Å². The maximum Gasteiger partial charge on any atom is 0.433 e. The SMILES string of the molecule is COc1ccc(-c2nc(C(=O)NCc3cccc(C(=O)N4CCC(O)CC4)c3)c([C@H](C)N)o2)c2ccc(C(F)(F)F)nc12. The first-order chi connectivity index (χ1) is 20.5. The normalized spacial score (nSPS) is 15.0. The van der Waals surface area contributed by atoms with Crippen LogP contribution in [0.4, 0.5) is 13.2 Å². The summed E-state index contributed by atoms with van der Waals surface area (Å²) in [5.74, 6) is -0.540. The van der Waals surface area contributed by atoms with Crippen molar-refractivity contribution in [2.24, 2.45) is 5.73 Å². The first kappa shape index (κ1) is 30.0. The van der Waals surface area contributed by atoms with Crippen molar-refractivity contribution in [3.05, 3.63) is 76.8 Å². The number of hydrogen-bond donors (Lipinski definition) is 3. The minimum absolute atomic E-state index is 0.0223. The number of rotatable bonds is 7.